The van der Waals surface area contributed by atoms with Crippen molar-refractivity contribution in [3.63, 3.8) is 0 Å². The van der Waals surface area contributed by atoms with Gasteiger partial charge in [-0.2, -0.15) is 0 Å². The number of nitrogens with zero attached hydrogens (tertiary/aromatic N) is 1. The first-order valence-corrected chi connectivity index (χ1v) is 10.4. The van der Waals surface area contributed by atoms with Crippen LogP contribution >= 0.6 is 0 Å². The Hall–Kier alpha value is -3.24. The summed E-state index contributed by atoms with van der Waals surface area (Å²) in [4.78, 5) is 6.10. The van der Waals surface area contributed by atoms with E-state index in [0.717, 1.165) is 43.1 Å². The van der Waals surface area contributed by atoms with Gasteiger partial charge in [0.25, 0.3) is 0 Å². The van der Waals surface area contributed by atoms with Crippen molar-refractivity contribution >= 4 is 10.9 Å². The average Bonchev–Trinajstić information content (AvgIpc) is 3.16. The number of rotatable bonds is 6. The Morgan fingerprint density at radius 2 is 1.73 bits per heavy atom. The Labute approximate surface area is 177 Å². The molecule has 0 spiro atoms. The van der Waals surface area contributed by atoms with Crippen LogP contribution in [0.4, 0.5) is 0 Å². The van der Waals surface area contributed by atoms with E-state index >= 15 is 0 Å². The predicted octanol–water partition coefficient (Wildman–Crippen LogP) is 5.31. The van der Waals surface area contributed by atoms with Crippen LogP contribution in [0.2, 0.25) is 0 Å². The predicted molar refractivity (Wildman–Crippen MR) is 120 cm³/mol. The summed E-state index contributed by atoms with van der Waals surface area (Å²) in [5.74, 6) is 1.56. The topological polar surface area (TPSA) is 37.5 Å². The van der Waals surface area contributed by atoms with Gasteiger partial charge in [-0.3, -0.25) is 4.90 Å². The first-order valence-electron chi connectivity index (χ1n) is 10.4. The summed E-state index contributed by atoms with van der Waals surface area (Å²) in [5, 5.41) is 1.37. The second-order valence-corrected chi connectivity index (χ2v) is 7.85. The number of aromatic nitrogens is 1. The number of nitrogens with one attached hydrogen (secondary N) is 1. The number of fused-ring (bicyclic) bond motifs is 3. The molecule has 1 aliphatic rings. The maximum absolute atomic E-state index is 6.09. The van der Waals surface area contributed by atoms with Crippen molar-refractivity contribution in [1.82, 2.24) is 9.88 Å². The van der Waals surface area contributed by atoms with E-state index in [-0.39, 0.29) is 0 Å². The molecule has 0 radical (unpaired) electrons. The molecule has 0 bridgehead atoms. The third-order valence-corrected chi connectivity index (χ3v) is 5.83. The molecule has 0 saturated heterocycles. The van der Waals surface area contributed by atoms with Crippen molar-refractivity contribution in [1.29, 1.82) is 0 Å². The molecule has 4 nitrogen and oxygen atoms in total. The standard InChI is InChI=1S/C26H26N2O2/c1-29-25-12-11-20(15-26(25)30-18-19-7-3-2-4-8-19)16-28-14-13-22-21-9-5-6-10-23(21)27-24(22)17-28/h2-12,15,27H,13-14,16-18H2,1H3. The number of H-pyrrole nitrogens is 1. The van der Waals surface area contributed by atoms with Crippen molar-refractivity contribution in [2.45, 2.75) is 26.1 Å². The zero-order valence-corrected chi connectivity index (χ0v) is 17.2. The molecular formula is C26H26N2O2. The highest BCUT2D eigenvalue weighted by molar-refractivity contribution is 5.84. The fourth-order valence-electron chi connectivity index (χ4n) is 4.31. The number of hydrogen-bond donors (Lipinski definition) is 1. The molecule has 1 aliphatic heterocycles. The Balaban J connectivity index is 1.31. The lowest BCUT2D eigenvalue weighted by Gasteiger charge is -2.27. The molecule has 0 fully saturated rings. The monoisotopic (exact) mass is 398 g/mol. The van der Waals surface area contributed by atoms with Gasteiger partial charge in [0.1, 0.15) is 6.61 Å². The summed E-state index contributed by atoms with van der Waals surface area (Å²) in [6.45, 7) is 3.42. The SMILES string of the molecule is COc1ccc(CN2CCc3c([nH]c4ccccc34)C2)cc1OCc1ccccc1. The Morgan fingerprint density at radius 1 is 0.900 bits per heavy atom. The fourth-order valence-corrected chi connectivity index (χ4v) is 4.31. The number of ether oxygens (including phenoxy) is 2. The van der Waals surface area contributed by atoms with Gasteiger partial charge in [0.15, 0.2) is 11.5 Å². The minimum absolute atomic E-state index is 0.531. The summed E-state index contributed by atoms with van der Waals surface area (Å²) in [6, 6.07) is 25.1. The molecule has 30 heavy (non-hydrogen) atoms. The molecule has 0 amide bonds. The van der Waals surface area contributed by atoms with Gasteiger partial charge in [-0.25, -0.2) is 0 Å². The zero-order chi connectivity index (χ0) is 20.3. The highest BCUT2D eigenvalue weighted by atomic mass is 16.5. The van der Waals surface area contributed by atoms with Crippen LogP contribution in [0.15, 0.2) is 72.8 Å². The summed E-state index contributed by atoms with van der Waals surface area (Å²) >= 11 is 0. The van der Waals surface area contributed by atoms with Crippen molar-refractivity contribution in [3.05, 3.63) is 95.2 Å². The van der Waals surface area contributed by atoms with Gasteiger partial charge in [-0.05, 0) is 41.3 Å². The molecule has 1 aromatic heterocycles. The number of hydrogen-bond acceptors (Lipinski definition) is 3. The maximum atomic E-state index is 6.09. The Kier molecular flexibility index (Phi) is 5.16. The lowest BCUT2D eigenvalue weighted by atomic mass is 10.0. The van der Waals surface area contributed by atoms with Gasteiger partial charge in [0.2, 0.25) is 0 Å². The second-order valence-electron chi connectivity index (χ2n) is 7.85. The first kappa shape index (κ1) is 18.8. The number of benzene rings is 3. The van der Waals surface area contributed by atoms with Crippen molar-refractivity contribution in [3.8, 4) is 11.5 Å². The summed E-state index contributed by atoms with van der Waals surface area (Å²) in [6.07, 6.45) is 1.08. The fraction of sp³-hybridized carbons (Fsp3) is 0.231. The number of para-hydroxylation sites is 1. The highest BCUT2D eigenvalue weighted by Crippen LogP contribution is 2.31. The van der Waals surface area contributed by atoms with Crippen molar-refractivity contribution in [2.24, 2.45) is 0 Å². The molecule has 0 saturated carbocycles. The van der Waals surface area contributed by atoms with Crippen molar-refractivity contribution < 1.29 is 9.47 Å². The maximum Gasteiger partial charge on any atom is 0.161 e. The van der Waals surface area contributed by atoms with Crippen LogP contribution in [0.1, 0.15) is 22.4 Å². The Morgan fingerprint density at radius 3 is 2.60 bits per heavy atom. The van der Waals surface area contributed by atoms with Crippen LogP contribution in [0, 0.1) is 0 Å². The summed E-state index contributed by atoms with van der Waals surface area (Å²) in [7, 11) is 1.69. The van der Waals surface area contributed by atoms with Crippen LogP contribution in [0.5, 0.6) is 11.5 Å². The van der Waals surface area contributed by atoms with Crippen LogP contribution in [0.3, 0.4) is 0 Å². The molecule has 0 atom stereocenters. The summed E-state index contributed by atoms with van der Waals surface area (Å²) in [5.41, 5.74) is 6.44. The largest absolute Gasteiger partial charge is 0.493 e. The number of methoxy groups -OCH3 is 1. The molecule has 0 aliphatic carbocycles. The van der Waals surface area contributed by atoms with Gasteiger partial charge in [0.05, 0.1) is 7.11 Å². The van der Waals surface area contributed by atoms with Crippen LogP contribution < -0.4 is 9.47 Å². The molecule has 5 rings (SSSR count). The zero-order valence-electron chi connectivity index (χ0n) is 17.2. The minimum Gasteiger partial charge on any atom is -0.493 e. The smallest absolute Gasteiger partial charge is 0.161 e. The molecular weight excluding hydrogens is 372 g/mol. The van der Waals surface area contributed by atoms with Crippen molar-refractivity contribution in [2.75, 3.05) is 13.7 Å². The third kappa shape index (κ3) is 3.79. The van der Waals surface area contributed by atoms with E-state index in [2.05, 4.69) is 58.4 Å². The Bertz CT molecular complexity index is 1150. The van der Waals surface area contributed by atoms with Gasteiger partial charge >= 0.3 is 0 Å². The molecule has 4 aromatic rings. The third-order valence-electron chi connectivity index (χ3n) is 5.83. The number of aromatic amines is 1. The van der Waals surface area contributed by atoms with E-state index in [1.165, 1.54) is 27.7 Å². The normalized spacial score (nSPS) is 13.9. The molecule has 3 aromatic carbocycles. The van der Waals surface area contributed by atoms with E-state index in [1.807, 2.05) is 24.3 Å². The average molecular weight is 399 g/mol. The second kappa shape index (κ2) is 8.25. The molecule has 1 N–H and O–H groups in total. The van der Waals surface area contributed by atoms with E-state index in [4.69, 9.17) is 9.47 Å². The summed E-state index contributed by atoms with van der Waals surface area (Å²) < 4.78 is 11.6. The van der Waals surface area contributed by atoms with Gasteiger partial charge in [0, 0.05) is 36.2 Å². The molecule has 152 valence electrons. The molecule has 2 heterocycles. The van der Waals surface area contributed by atoms with Crippen LogP contribution in [0.25, 0.3) is 10.9 Å². The quantitative estimate of drug-likeness (QED) is 0.478. The molecule has 4 heteroatoms. The van der Waals surface area contributed by atoms with Gasteiger partial charge < -0.3 is 14.5 Å². The lowest BCUT2D eigenvalue weighted by molar-refractivity contribution is 0.242. The first-order chi connectivity index (χ1) is 14.8. The minimum atomic E-state index is 0.531. The lowest BCUT2D eigenvalue weighted by Crippen LogP contribution is -2.29. The van der Waals surface area contributed by atoms with E-state index < -0.39 is 0 Å². The van der Waals surface area contributed by atoms with E-state index in [0.29, 0.717) is 6.61 Å². The van der Waals surface area contributed by atoms with Crippen LogP contribution in [-0.2, 0) is 26.1 Å². The van der Waals surface area contributed by atoms with E-state index in [9.17, 15) is 0 Å². The van der Waals surface area contributed by atoms with Gasteiger partial charge in [-0.1, -0.05) is 54.6 Å². The van der Waals surface area contributed by atoms with E-state index in [1.54, 1.807) is 7.11 Å². The van der Waals surface area contributed by atoms with Crippen LogP contribution in [-0.4, -0.2) is 23.5 Å². The van der Waals surface area contributed by atoms with Gasteiger partial charge in [-0.15, -0.1) is 0 Å². The molecule has 0 unspecified atom stereocenters. The highest BCUT2D eigenvalue weighted by Gasteiger charge is 2.20.